The van der Waals surface area contributed by atoms with E-state index in [-0.39, 0.29) is 36.7 Å². The number of aliphatic hydroxyl groups is 1. The number of piperidine rings is 1. The zero-order valence-electron chi connectivity index (χ0n) is 28.4. The molecule has 1 aromatic carbocycles. The highest BCUT2D eigenvalue weighted by Gasteiger charge is 2.44. The Hall–Kier alpha value is -3.81. The lowest BCUT2D eigenvalue weighted by Gasteiger charge is -2.39. The number of anilines is 1. The van der Waals surface area contributed by atoms with Gasteiger partial charge in [0.25, 0.3) is 0 Å². The van der Waals surface area contributed by atoms with E-state index in [0.29, 0.717) is 44.1 Å². The molecule has 3 aliphatic rings. The molecule has 5 heterocycles. The number of carbonyl (C=O) groups is 2. The van der Waals surface area contributed by atoms with E-state index < -0.39 is 23.7 Å². The Balaban J connectivity index is 1.08. The van der Waals surface area contributed by atoms with Crippen LogP contribution >= 0.6 is 0 Å². The SMILES string of the molecule is CC(C)[C@@H](C(=O)N1C[C@H](O)C[C@H]1C(=O)N[C@@H](C)c1ccc(-c2ccnn2C)cc1)c1cc(N2CCN(CC3(F)CCNCC3)CC2)no1. The molecule has 6 rings (SSSR count). The second kappa shape index (κ2) is 14.4. The first-order valence-electron chi connectivity index (χ1n) is 17.2. The Morgan fingerprint density at radius 3 is 2.46 bits per heavy atom. The van der Waals surface area contributed by atoms with Gasteiger partial charge in [-0.1, -0.05) is 43.3 Å². The summed E-state index contributed by atoms with van der Waals surface area (Å²) in [5.74, 6) is -0.291. The van der Waals surface area contributed by atoms with Crippen molar-refractivity contribution in [3.63, 3.8) is 0 Å². The minimum absolute atomic E-state index is 0.0724. The molecule has 13 heteroatoms. The Labute approximate surface area is 281 Å². The molecule has 48 heavy (non-hydrogen) atoms. The number of hydrogen-bond acceptors (Lipinski definition) is 9. The number of carbonyl (C=O) groups excluding carboxylic acids is 2. The summed E-state index contributed by atoms with van der Waals surface area (Å²) in [5.41, 5.74) is 1.80. The van der Waals surface area contributed by atoms with E-state index in [1.165, 1.54) is 4.90 Å². The predicted octanol–water partition coefficient (Wildman–Crippen LogP) is 2.87. The molecule has 12 nitrogen and oxygen atoms in total. The fourth-order valence-electron chi connectivity index (χ4n) is 7.36. The maximum Gasteiger partial charge on any atom is 0.243 e. The third-order valence-corrected chi connectivity index (χ3v) is 10.2. The van der Waals surface area contributed by atoms with Gasteiger partial charge in [0.1, 0.15) is 17.6 Å². The van der Waals surface area contributed by atoms with Gasteiger partial charge in [0.15, 0.2) is 11.6 Å². The van der Waals surface area contributed by atoms with Gasteiger partial charge < -0.3 is 30.1 Å². The lowest BCUT2D eigenvalue weighted by Crippen LogP contribution is -2.53. The minimum Gasteiger partial charge on any atom is -0.391 e. The molecule has 2 amide bonds. The van der Waals surface area contributed by atoms with Gasteiger partial charge in [-0.2, -0.15) is 5.10 Å². The van der Waals surface area contributed by atoms with Crippen LogP contribution in [0.15, 0.2) is 47.1 Å². The Kier molecular flexibility index (Phi) is 10.2. The maximum atomic E-state index is 15.3. The van der Waals surface area contributed by atoms with Gasteiger partial charge in [0, 0.05) is 65.0 Å². The lowest BCUT2D eigenvalue weighted by molar-refractivity contribution is -0.141. The number of likely N-dealkylation sites (tertiary alicyclic amines) is 1. The quantitative estimate of drug-likeness (QED) is 0.300. The number of β-amino-alcohol motifs (C(OH)–C–C–N with tert-alkyl or cyclic N) is 1. The Bertz CT molecular complexity index is 1540. The van der Waals surface area contributed by atoms with Crippen LogP contribution in [-0.2, 0) is 16.6 Å². The molecular formula is C35H49FN8O4. The highest BCUT2D eigenvalue weighted by molar-refractivity contribution is 5.91. The van der Waals surface area contributed by atoms with Crippen molar-refractivity contribution in [3.05, 3.63) is 53.9 Å². The van der Waals surface area contributed by atoms with E-state index in [9.17, 15) is 14.7 Å². The number of amides is 2. The molecule has 260 valence electrons. The second-order valence-electron chi connectivity index (χ2n) is 14.1. The number of halogens is 1. The summed E-state index contributed by atoms with van der Waals surface area (Å²) in [4.78, 5) is 33.5. The van der Waals surface area contributed by atoms with Crippen LogP contribution < -0.4 is 15.5 Å². The van der Waals surface area contributed by atoms with E-state index >= 15 is 4.39 Å². The summed E-state index contributed by atoms with van der Waals surface area (Å²) >= 11 is 0. The van der Waals surface area contributed by atoms with Crippen LogP contribution in [0.25, 0.3) is 11.3 Å². The van der Waals surface area contributed by atoms with Gasteiger partial charge in [-0.3, -0.25) is 19.2 Å². The van der Waals surface area contributed by atoms with Crippen LogP contribution in [0.2, 0.25) is 0 Å². The third kappa shape index (κ3) is 7.42. The normalized spacial score (nSPS) is 23.0. The molecule has 3 saturated heterocycles. The molecule has 0 radical (unpaired) electrons. The average molecular weight is 665 g/mol. The molecule has 3 N–H and O–H groups in total. The zero-order chi connectivity index (χ0) is 34.0. The van der Waals surface area contributed by atoms with Gasteiger partial charge >= 0.3 is 0 Å². The summed E-state index contributed by atoms with van der Waals surface area (Å²) in [6.45, 7) is 10.6. The van der Waals surface area contributed by atoms with Crippen LogP contribution in [-0.4, -0.2) is 112 Å². The van der Waals surface area contributed by atoms with Crippen molar-refractivity contribution in [2.45, 2.75) is 69.8 Å². The monoisotopic (exact) mass is 664 g/mol. The number of rotatable bonds is 10. The molecule has 2 aromatic heterocycles. The molecular weight excluding hydrogens is 615 g/mol. The van der Waals surface area contributed by atoms with Crippen molar-refractivity contribution in [3.8, 4) is 11.3 Å². The third-order valence-electron chi connectivity index (χ3n) is 10.2. The predicted molar refractivity (Wildman–Crippen MR) is 180 cm³/mol. The van der Waals surface area contributed by atoms with Crippen molar-refractivity contribution in [1.29, 1.82) is 0 Å². The zero-order valence-corrected chi connectivity index (χ0v) is 28.4. The highest BCUT2D eigenvalue weighted by Crippen LogP contribution is 2.33. The molecule has 3 aliphatic heterocycles. The smallest absolute Gasteiger partial charge is 0.243 e. The fourth-order valence-corrected chi connectivity index (χ4v) is 7.36. The summed E-state index contributed by atoms with van der Waals surface area (Å²) < 4.78 is 22.9. The van der Waals surface area contributed by atoms with Crippen molar-refractivity contribution in [1.82, 2.24) is 35.4 Å². The maximum absolute atomic E-state index is 15.3. The fraction of sp³-hybridized carbons (Fsp3) is 0.600. The van der Waals surface area contributed by atoms with Gasteiger partial charge in [0.05, 0.1) is 17.8 Å². The van der Waals surface area contributed by atoms with Crippen molar-refractivity contribution < 1.29 is 23.6 Å². The van der Waals surface area contributed by atoms with Gasteiger partial charge in [0.2, 0.25) is 11.8 Å². The van der Waals surface area contributed by atoms with Gasteiger partial charge in [-0.25, -0.2) is 4.39 Å². The second-order valence-corrected chi connectivity index (χ2v) is 14.1. The summed E-state index contributed by atoms with van der Waals surface area (Å²) in [6.07, 6.45) is 2.20. The summed E-state index contributed by atoms with van der Waals surface area (Å²) in [6, 6.07) is 10.6. The van der Waals surface area contributed by atoms with Gasteiger partial charge in [-0.15, -0.1) is 0 Å². The van der Waals surface area contributed by atoms with Crippen LogP contribution in [0.4, 0.5) is 10.2 Å². The van der Waals surface area contributed by atoms with Crippen molar-refractivity contribution >= 4 is 17.6 Å². The number of nitrogens with zero attached hydrogens (tertiary/aromatic N) is 6. The van der Waals surface area contributed by atoms with Crippen LogP contribution in [0.3, 0.4) is 0 Å². The number of alkyl halides is 1. The Morgan fingerprint density at radius 1 is 1.10 bits per heavy atom. The summed E-state index contributed by atoms with van der Waals surface area (Å²) in [7, 11) is 1.89. The number of aryl methyl sites for hydroxylation is 1. The number of aromatic nitrogens is 3. The van der Waals surface area contributed by atoms with Gasteiger partial charge in [-0.05, 0) is 56.0 Å². The van der Waals surface area contributed by atoms with Crippen molar-refractivity contribution in [2.75, 3.05) is 57.3 Å². The molecule has 0 saturated carbocycles. The van der Waals surface area contributed by atoms with E-state index in [2.05, 4.69) is 30.7 Å². The number of benzene rings is 1. The van der Waals surface area contributed by atoms with E-state index in [4.69, 9.17) is 4.52 Å². The highest BCUT2D eigenvalue weighted by atomic mass is 19.1. The van der Waals surface area contributed by atoms with Crippen LogP contribution in [0.1, 0.15) is 63.3 Å². The van der Waals surface area contributed by atoms with Crippen LogP contribution in [0, 0.1) is 5.92 Å². The van der Waals surface area contributed by atoms with E-state index in [1.54, 1.807) is 6.20 Å². The number of nitrogens with one attached hydrogen (secondary N) is 2. The Morgan fingerprint density at radius 2 is 1.81 bits per heavy atom. The molecule has 0 aliphatic carbocycles. The average Bonchev–Trinajstić information content (AvgIpc) is 3.82. The molecule has 0 spiro atoms. The van der Waals surface area contributed by atoms with Crippen molar-refractivity contribution in [2.24, 2.45) is 13.0 Å². The molecule has 0 bridgehead atoms. The lowest BCUT2D eigenvalue weighted by atomic mass is 9.91. The topological polar surface area (TPSA) is 132 Å². The largest absolute Gasteiger partial charge is 0.391 e. The molecule has 3 aromatic rings. The molecule has 3 fully saturated rings. The molecule has 4 atom stereocenters. The minimum atomic E-state index is -1.14. The first-order valence-corrected chi connectivity index (χ1v) is 17.2. The first kappa shape index (κ1) is 34.1. The number of aliphatic hydroxyl groups excluding tert-OH is 1. The van der Waals surface area contributed by atoms with E-state index in [0.717, 1.165) is 43.0 Å². The van der Waals surface area contributed by atoms with E-state index in [1.807, 2.05) is 68.9 Å². The number of piperazine rings is 1. The number of hydrogen-bond donors (Lipinski definition) is 3. The van der Waals surface area contributed by atoms with Crippen LogP contribution in [0.5, 0.6) is 0 Å². The molecule has 0 unspecified atom stereocenters. The summed E-state index contributed by atoms with van der Waals surface area (Å²) in [5, 5.41) is 25.5. The standard InChI is InChI=1S/C35H49FN8O4/c1-23(2)32(30-20-31(40-48-30)43-17-15-42(16-18-43)22-35(36)10-13-37-14-11-35)34(47)44-21-27(45)19-29(44)33(46)39-24(3)25-5-7-26(8-6-25)28-9-12-38-41(28)4/h5-9,12,20,23-24,27,29,32,37,45H,10-11,13-19,21-22H2,1-4H3,(H,39,46)/t24-,27+,29-,32+/m0/s1. The first-order chi connectivity index (χ1) is 23.0.